The van der Waals surface area contributed by atoms with Gasteiger partial charge in [0.25, 0.3) is 0 Å². The average molecular weight is 264 g/mol. The minimum absolute atomic E-state index is 0.0688. The molecular formula is C14H24N4O. The molecule has 0 aliphatic heterocycles. The second kappa shape index (κ2) is 7.71. The minimum Gasteiger partial charge on any atom is -0.369 e. The van der Waals surface area contributed by atoms with Gasteiger partial charge in [-0.05, 0) is 11.8 Å². The number of carbonyl (C=O) groups is 1. The Balaban J connectivity index is 2.33. The fourth-order valence-electron chi connectivity index (χ4n) is 1.50. The summed E-state index contributed by atoms with van der Waals surface area (Å²) < 4.78 is 0. The van der Waals surface area contributed by atoms with E-state index in [1.807, 2.05) is 6.07 Å². The fraction of sp³-hybridized carbons (Fsp3) is 0.643. The summed E-state index contributed by atoms with van der Waals surface area (Å²) in [6.45, 7) is 9.64. The molecule has 0 radical (unpaired) electrons. The van der Waals surface area contributed by atoms with Crippen LogP contribution in [0.3, 0.4) is 0 Å². The van der Waals surface area contributed by atoms with Crippen LogP contribution in [-0.2, 0) is 4.79 Å². The first-order valence-electron chi connectivity index (χ1n) is 6.81. The van der Waals surface area contributed by atoms with Crippen LogP contribution in [0.15, 0.2) is 12.4 Å². The van der Waals surface area contributed by atoms with E-state index in [1.54, 1.807) is 6.33 Å². The van der Waals surface area contributed by atoms with E-state index in [4.69, 9.17) is 0 Å². The van der Waals surface area contributed by atoms with Crippen LogP contribution in [-0.4, -0.2) is 29.0 Å². The maximum Gasteiger partial charge on any atom is 0.221 e. The van der Waals surface area contributed by atoms with Crippen molar-refractivity contribution < 1.29 is 4.79 Å². The second-order valence-electron chi connectivity index (χ2n) is 5.36. The molecule has 0 unspecified atom stereocenters. The minimum atomic E-state index is 0.0688. The first-order chi connectivity index (χ1) is 8.99. The molecule has 0 saturated heterocycles. The molecule has 1 amide bonds. The van der Waals surface area contributed by atoms with Gasteiger partial charge in [0.15, 0.2) is 0 Å². The van der Waals surface area contributed by atoms with E-state index < -0.39 is 0 Å². The summed E-state index contributed by atoms with van der Waals surface area (Å²) in [5.74, 6) is 1.69. The third kappa shape index (κ3) is 6.18. The number of nitrogens with one attached hydrogen (secondary N) is 2. The zero-order chi connectivity index (χ0) is 14.3. The Morgan fingerprint density at radius 2 is 2.00 bits per heavy atom. The molecule has 0 saturated carbocycles. The van der Waals surface area contributed by atoms with E-state index in [1.165, 1.54) is 0 Å². The lowest BCUT2D eigenvalue weighted by Gasteiger charge is -2.10. The SMILES string of the molecule is CC(C)CNC(=O)CCNc1cc(C(C)C)ncn1. The number of rotatable bonds is 7. The van der Waals surface area contributed by atoms with Crippen LogP contribution >= 0.6 is 0 Å². The molecule has 0 aromatic carbocycles. The van der Waals surface area contributed by atoms with E-state index in [-0.39, 0.29) is 5.91 Å². The molecular weight excluding hydrogens is 240 g/mol. The predicted octanol–water partition coefficient (Wildman–Crippen LogP) is 2.17. The van der Waals surface area contributed by atoms with Crippen LogP contribution in [0.1, 0.15) is 45.7 Å². The maximum atomic E-state index is 11.5. The summed E-state index contributed by atoms with van der Waals surface area (Å²) in [7, 11) is 0. The van der Waals surface area contributed by atoms with Gasteiger partial charge >= 0.3 is 0 Å². The fourth-order valence-corrected chi connectivity index (χ4v) is 1.50. The zero-order valence-electron chi connectivity index (χ0n) is 12.2. The highest BCUT2D eigenvalue weighted by atomic mass is 16.1. The highest BCUT2D eigenvalue weighted by Gasteiger charge is 2.04. The maximum absolute atomic E-state index is 11.5. The van der Waals surface area contributed by atoms with Crippen LogP contribution in [0.25, 0.3) is 0 Å². The van der Waals surface area contributed by atoms with Gasteiger partial charge in [-0.3, -0.25) is 4.79 Å². The Morgan fingerprint density at radius 1 is 1.26 bits per heavy atom. The number of hydrogen-bond acceptors (Lipinski definition) is 4. The van der Waals surface area contributed by atoms with Crippen molar-refractivity contribution in [1.29, 1.82) is 0 Å². The van der Waals surface area contributed by atoms with Gasteiger partial charge in [-0.1, -0.05) is 27.7 Å². The third-order valence-corrected chi connectivity index (χ3v) is 2.65. The molecule has 0 fully saturated rings. The van der Waals surface area contributed by atoms with Gasteiger partial charge in [0.05, 0.1) is 0 Å². The quantitative estimate of drug-likeness (QED) is 0.792. The van der Waals surface area contributed by atoms with E-state index in [9.17, 15) is 4.79 Å². The number of anilines is 1. The molecule has 106 valence electrons. The van der Waals surface area contributed by atoms with Crippen molar-refractivity contribution in [1.82, 2.24) is 15.3 Å². The molecule has 0 aliphatic carbocycles. The summed E-state index contributed by atoms with van der Waals surface area (Å²) >= 11 is 0. The van der Waals surface area contributed by atoms with Gasteiger partial charge < -0.3 is 10.6 Å². The van der Waals surface area contributed by atoms with Crippen LogP contribution in [0, 0.1) is 5.92 Å². The van der Waals surface area contributed by atoms with Crippen molar-refractivity contribution in [3.63, 3.8) is 0 Å². The van der Waals surface area contributed by atoms with Crippen LogP contribution in [0.2, 0.25) is 0 Å². The Labute approximate surface area is 115 Å². The second-order valence-corrected chi connectivity index (χ2v) is 5.36. The number of aromatic nitrogens is 2. The van der Waals surface area contributed by atoms with Crippen molar-refractivity contribution in [3.05, 3.63) is 18.1 Å². The highest BCUT2D eigenvalue weighted by Crippen LogP contribution is 2.13. The van der Waals surface area contributed by atoms with Gasteiger partial charge in [0.2, 0.25) is 5.91 Å². The predicted molar refractivity (Wildman–Crippen MR) is 77.1 cm³/mol. The summed E-state index contributed by atoms with van der Waals surface area (Å²) in [6, 6.07) is 1.93. The lowest BCUT2D eigenvalue weighted by atomic mass is 10.1. The van der Waals surface area contributed by atoms with E-state index in [2.05, 4.69) is 48.3 Å². The molecule has 0 atom stereocenters. The number of carbonyl (C=O) groups excluding carboxylic acids is 1. The van der Waals surface area contributed by atoms with Crippen LogP contribution in [0.5, 0.6) is 0 Å². The number of amides is 1. The van der Waals surface area contributed by atoms with Gasteiger partial charge in [-0.15, -0.1) is 0 Å². The van der Waals surface area contributed by atoms with Gasteiger partial charge in [-0.25, -0.2) is 9.97 Å². The summed E-state index contributed by atoms with van der Waals surface area (Å²) in [5.41, 5.74) is 1.00. The standard InChI is InChI=1S/C14H24N4O/c1-10(2)8-16-14(19)5-6-15-13-7-12(11(3)4)17-9-18-13/h7,9-11H,5-6,8H2,1-4H3,(H,16,19)(H,15,17,18). The number of nitrogens with zero attached hydrogens (tertiary/aromatic N) is 2. The van der Waals surface area contributed by atoms with Crippen molar-refractivity contribution in [2.45, 2.75) is 40.0 Å². The van der Waals surface area contributed by atoms with Crippen LogP contribution < -0.4 is 10.6 Å². The molecule has 0 spiro atoms. The average Bonchev–Trinajstić information content (AvgIpc) is 2.36. The van der Waals surface area contributed by atoms with E-state index in [0.29, 0.717) is 24.8 Å². The molecule has 1 heterocycles. The zero-order valence-corrected chi connectivity index (χ0v) is 12.2. The van der Waals surface area contributed by atoms with E-state index >= 15 is 0 Å². The van der Waals surface area contributed by atoms with Gasteiger partial charge in [0.1, 0.15) is 12.1 Å². The molecule has 0 aliphatic rings. The lowest BCUT2D eigenvalue weighted by molar-refractivity contribution is -0.120. The van der Waals surface area contributed by atoms with Gasteiger partial charge in [0, 0.05) is 31.3 Å². The van der Waals surface area contributed by atoms with Crippen molar-refractivity contribution in [2.24, 2.45) is 5.92 Å². The Kier molecular flexibility index (Phi) is 6.25. The van der Waals surface area contributed by atoms with Crippen molar-refractivity contribution in [2.75, 3.05) is 18.4 Å². The molecule has 2 N–H and O–H groups in total. The monoisotopic (exact) mass is 264 g/mol. The Bertz CT molecular complexity index is 404. The van der Waals surface area contributed by atoms with Crippen molar-refractivity contribution >= 4 is 11.7 Å². The molecule has 19 heavy (non-hydrogen) atoms. The van der Waals surface area contributed by atoms with Crippen molar-refractivity contribution in [3.8, 4) is 0 Å². The topological polar surface area (TPSA) is 66.9 Å². The number of hydrogen-bond donors (Lipinski definition) is 2. The first-order valence-corrected chi connectivity index (χ1v) is 6.81. The molecule has 5 heteroatoms. The molecule has 1 aromatic rings. The summed E-state index contributed by atoms with van der Waals surface area (Å²) in [5, 5.41) is 6.03. The lowest BCUT2D eigenvalue weighted by Crippen LogP contribution is -2.28. The smallest absolute Gasteiger partial charge is 0.221 e. The molecule has 0 bridgehead atoms. The summed E-state index contributed by atoms with van der Waals surface area (Å²) in [6.07, 6.45) is 2.00. The van der Waals surface area contributed by atoms with E-state index in [0.717, 1.165) is 18.1 Å². The van der Waals surface area contributed by atoms with Crippen LogP contribution in [0.4, 0.5) is 5.82 Å². The third-order valence-electron chi connectivity index (χ3n) is 2.65. The molecule has 5 nitrogen and oxygen atoms in total. The highest BCUT2D eigenvalue weighted by molar-refractivity contribution is 5.76. The first kappa shape index (κ1) is 15.4. The Hall–Kier alpha value is -1.65. The normalized spacial score (nSPS) is 10.8. The largest absolute Gasteiger partial charge is 0.369 e. The summed E-state index contributed by atoms with van der Waals surface area (Å²) in [4.78, 5) is 19.9. The Morgan fingerprint density at radius 3 is 2.63 bits per heavy atom. The molecule has 1 rings (SSSR count). The molecule has 1 aromatic heterocycles. The van der Waals surface area contributed by atoms with Gasteiger partial charge in [-0.2, -0.15) is 0 Å².